The third-order valence-electron chi connectivity index (χ3n) is 7.00. The minimum Gasteiger partial charge on any atom is -0.392 e. The number of imidazole rings is 1. The van der Waals surface area contributed by atoms with Crippen LogP contribution < -0.4 is 11.3 Å². The Morgan fingerprint density at radius 3 is 2.46 bits per heavy atom. The fourth-order valence-corrected chi connectivity index (χ4v) is 5.06. The Balaban J connectivity index is 1.34. The first-order chi connectivity index (χ1) is 18.1. The number of likely N-dealkylation sites (tertiary alicyclic amines) is 1. The zero-order valence-corrected chi connectivity index (χ0v) is 20.4. The predicted molar refractivity (Wildman–Crippen MR) is 144 cm³/mol. The normalized spacial score (nSPS) is 16.0. The Morgan fingerprint density at radius 1 is 0.919 bits per heavy atom. The molecule has 8 nitrogen and oxygen atoms in total. The van der Waals surface area contributed by atoms with Gasteiger partial charge in [-0.3, -0.25) is 18.8 Å². The van der Waals surface area contributed by atoms with Crippen LogP contribution in [0.4, 0.5) is 0 Å². The molecule has 0 unspecified atom stereocenters. The molecular formula is C29H28N6O2. The van der Waals surface area contributed by atoms with Crippen molar-refractivity contribution in [3.63, 3.8) is 0 Å². The minimum absolute atomic E-state index is 0.193. The molecule has 2 aromatic heterocycles. The van der Waals surface area contributed by atoms with Crippen molar-refractivity contribution in [1.82, 2.24) is 24.0 Å². The molecule has 3 aromatic carbocycles. The Labute approximate surface area is 214 Å². The largest absolute Gasteiger partial charge is 0.392 e. The summed E-state index contributed by atoms with van der Waals surface area (Å²) >= 11 is 0. The summed E-state index contributed by atoms with van der Waals surface area (Å²) in [6, 6.07) is 24.0. The van der Waals surface area contributed by atoms with Gasteiger partial charge in [0.05, 0.1) is 11.8 Å². The van der Waals surface area contributed by atoms with Gasteiger partial charge >= 0.3 is 0 Å². The number of nitrogens with zero attached hydrogens (tertiary/aromatic N) is 5. The molecule has 1 atom stereocenters. The van der Waals surface area contributed by atoms with Crippen molar-refractivity contribution in [2.75, 3.05) is 13.1 Å². The molecule has 5 aromatic rings. The van der Waals surface area contributed by atoms with Gasteiger partial charge in [-0.25, -0.2) is 9.97 Å². The first kappa shape index (κ1) is 23.3. The number of β-amino-alcohol motifs (C(OH)–C–C–N with tert-alkyl or cyclic N) is 1. The zero-order chi connectivity index (χ0) is 25.4. The van der Waals surface area contributed by atoms with Crippen molar-refractivity contribution in [3.8, 4) is 22.5 Å². The molecule has 0 bridgehead atoms. The maximum absolute atomic E-state index is 13.6. The van der Waals surface area contributed by atoms with Gasteiger partial charge in [0.2, 0.25) is 0 Å². The van der Waals surface area contributed by atoms with Gasteiger partial charge in [-0.15, -0.1) is 0 Å². The van der Waals surface area contributed by atoms with E-state index in [0.29, 0.717) is 24.3 Å². The molecule has 1 fully saturated rings. The SMILES string of the molecule is NCc1cccc(-n2cnc3ncn(-c4ccc(-c5ccccc5CN5CC[C@@H](O)C5)cc4)c(=O)c32)c1. The first-order valence-electron chi connectivity index (χ1n) is 12.4. The number of aromatic nitrogens is 4. The van der Waals surface area contributed by atoms with Gasteiger partial charge in [0.1, 0.15) is 12.7 Å². The molecule has 1 saturated heterocycles. The van der Waals surface area contributed by atoms with E-state index in [1.54, 1.807) is 15.5 Å². The van der Waals surface area contributed by atoms with Crippen LogP contribution in [0.25, 0.3) is 33.7 Å². The Morgan fingerprint density at radius 2 is 1.70 bits per heavy atom. The van der Waals surface area contributed by atoms with Crippen molar-refractivity contribution in [3.05, 3.63) is 107 Å². The highest BCUT2D eigenvalue weighted by Crippen LogP contribution is 2.27. The number of fused-ring (bicyclic) bond motifs is 1. The van der Waals surface area contributed by atoms with Gasteiger partial charge < -0.3 is 10.8 Å². The molecule has 3 N–H and O–H groups in total. The number of nitrogens with two attached hydrogens (primary N) is 1. The van der Waals surface area contributed by atoms with E-state index in [9.17, 15) is 9.90 Å². The van der Waals surface area contributed by atoms with Crippen LogP contribution in [0, 0.1) is 0 Å². The number of aliphatic hydroxyl groups is 1. The van der Waals surface area contributed by atoms with E-state index in [2.05, 4.69) is 27.0 Å². The maximum atomic E-state index is 13.6. The lowest BCUT2D eigenvalue weighted by Crippen LogP contribution is -2.21. The first-order valence-corrected chi connectivity index (χ1v) is 12.4. The highest BCUT2D eigenvalue weighted by atomic mass is 16.3. The molecule has 0 radical (unpaired) electrons. The van der Waals surface area contributed by atoms with Crippen LogP contribution in [0.15, 0.2) is 90.2 Å². The summed E-state index contributed by atoms with van der Waals surface area (Å²) in [7, 11) is 0. The molecule has 1 aliphatic rings. The lowest BCUT2D eigenvalue weighted by molar-refractivity contribution is 0.175. The van der Waals surface area contributed by atoms with E-state index in [1.165, 1.54) is 11.9 Å². The quantitative estimate of drug-likeness (QED) is 0.377. The fraction of sp³-hybridized carbons (Fsp3) is 0.207. The molecular weight excluding hydrogens is 464 g/mol. The topological polar surface area (TPSA) is 102 Å². The molecule has 0 amide bonds. The molecule has 3 heterocycles. The van der Waals surface area contributed by atoms with E-state index in [1.807, 2.05) is 60.7 Å². The van der Waals surface area contributed by atoms with E-state index < -0.39 is 0 Å². The Kier molecular flexibility index (Phi) is 6.13. The van der Waals surface area contributed by atoms with Gasteiger partial charge in [-0.05, 0) is 52.9 Å². The summed E-state index contributed by atoms with van der Waals surface area (Å²) in [5.74, 6) is 0. The van der Waals surface area contributed by atoms with Gasteiger partial charge in [0.25, 0.3) is 5.56 Å². The van der Waals surface area contributed by atoms with Gasteiger partial charge in [-0.1, -0.05) is 48.5 Å². The van der Waals surface area contributed by atoms with Crippen molar-refractivity contribution in [2.45, 2.75) is 25.6 Å². The lowest BCUT2D eigenvalue weighted by atomic mass is 9.99. The molecule has 6 rings (SSSR count). The van der Waals surface area contributed by atoms with Gasteiger partial charge in [0, 0.05) is 31.9 Å². The van der Waals surface area contributed by atoms with E-state index in [-0.39, 0.29) is 11.7 Å². The zero-order valence-electron chi connectivity index (χ0n) is 20.4. The van der Waals surface area contributed by atoms with Crippen LogP contribution in [0.3, 0.4) is 0 Å². The summed E-state index contributed by atoms with van der Waals surface area (Å²) in [6.45, 7) is 2.82. The summed E-state index contributed by atoms with van der Waals surface area (Å²) < 4.78 is 3.31. The number of aliphatic hydroxyl groups excluding tert-OH is 1. The summed E-state index contributed by atoms with van der Waals surface area (Å²) in [5, 5.41) is 9.90. The molecule has 0 saturated carbocycles. The molecule has 0 aliphatic carbocycles. The average molecular weight is 493 g/mol. The molecule has 186 valence electrons. The van der Waals surface area contributed by atoms with Crippen LogP contribution in [0.1, 0.15) is 17.5 Å². The second-order valence-corrected chi connectivity index (χ2v) is 9.46. The highest BCUT2D eigenvalue weighted by molar-refractivity contribution is 5.73. The monoisotopic (exact) mass is 492 g/mol. The third-order valence-corrected chi connectivity index (χ3v) is 7.00. The third kappa shape index (κ3) is 4.46. The summed E-state index contributed by atoms with van der Waals surface area (Å²) in [4.78, 5) is 24.7. The number of hydrogen-bond acceptors (Lipinski definition) is 6. The van der Waals surface area contributed by atoms with Crippen LogP contribution in [-0.2, 0) is 13.1 Å². The summed E-state index contributed by atoms with van der Waals surface area (Å²) in [5.41, 5.74) is 12.4. The van der Waals surface area contributed by atoms with Crippen molar-refractivity contribution in [1.29, 1.82) is 0 Å². The standard InChI is InChI=1S/C29H28N6O2/c30-15-20-4-3-6-24(14-20)34-18-31-28-27(34)29(37)35(19-32-28)23-10-8-21(9-11-23)26-7-2-1-5-22(26)16-33-13-12-25(36)17-33/h1-11,14,18-19,25,36H,12-13,15-17,30H2/t25-/m1/s1. The van der Waals surface area contributed by atoms with Crippen LogP contribution in [0.2, 0.25) is 0 Å². The molecule has 1 aliphatic heterocycles. The molecule has 37 heavy (non-hydrogen) atoms. The van der Waals surface area contributed by atoms with E-state index in [0.717, 1.165) is 47.6 Å². The lowest BCUT2D eigenvalue weighted by Gasteiger charge is -2.18. The highest BCUT2D eigenvalue weighted by Gasteiger charge is 2.21. The van der Waals surface area contributed by atoms with Crippen LogP contribution in [-0.4, -0.2) is 48.3 Å². The second-order valence-electron chi connectivity index (χ2n) is 9.46. The van der Waals surface area contributed by atoms with E-state index >= 15 is 0 Å². The van der Waals surface area contributed by atoms with Gasteiger partial charge in [0.15, 0.2) is 11.2 Å². The van der Waals surface area contributed by atoms with E-state index in [4.69, 9.17) is 5.73 Å². The number of hydrogen-bond donors (Lipinski definition) is 2. The fourth-order valence-electron chi connectivity index (χ4n) is 5.06. The van der Waals surface area contributed by atoms with Gasteiger partial charge in [-0.2, -0.15) is 0 Å². The minimum atomic E-state index is -0.239. The Bertz CT molecular complexity index is 1620. The molecule has 0 spiro atoms. The second kappa shape index (κ2) is 9.74. The van der Waals surface area contributed by atoms with Crippen LogP contribution >= 0.6 is 0 Å². The number of benzene rings is 3. The Hall–Kier alpha value is -4.11. The summed E-state index contributed by atoms with van der Waals surface area (Å²) in [6.07, 6.45) is 3.73. The maximum Gasteiger partial charge on any atom is 0.284 e. The predicted octanol–water partition coefficient (Wildman–Crippen LogP) is 3.26. The average Bonchev–Trinajstić information content (AvgIpc) is 3.56. The number of rotatable bonds is 6. The van der Waals surface area contributed by atoms with Crippen LogP contribution in [0.5, 0.6) is 0 Å². The van der Waals surface area contributed by atoms with Crippen molar-refractivity contribution < 1.29 is 5.11 Å². The van der Waals surface area contributed by atoms with Crippen molar-refractivity contribution in [2.24, 2.45) is 5.73 Å². The van der Waals surface area contributed by atoms with Crippen molar-refractivity contribution >= 4 is 11.2 Å². The molecule has 8 heteroatoms. The smallest absolute Gasteiger partial charge is 0.284 e.